The van der Waals surface area contributed by atoms with Crippen LogP contribution in [0.25, 0.3) is 0 Å². The first-order valence-electron chi connectivity index (χ1n) is 8.93. The molecule has 26 heavy (non-hydrogen) atoms. The molecule has 1 aliphatic heterocycles. The number of hydrogen-bond donors (Lipinski definition) is 3. The second-order valence-electron chi connectivity index (χ2n) is 6.05. The van der Waals surface area contributed by atoms with Gasteiger partial charge in [0.05, 0.1) is 26.4 Å². The number of nitrogens with one attached hydrogen (secondary N) is 2. The maximum absolute atomic E-state index is 5.93. The number of rotatable bonds is 10. The van der Waals surface area contributed by atoms with E-state index in [9.17, 15) is 0 Å². The summed E-state index contributed by atoms with van der Waals surface area (Å²) in [6.07, 6.45) is 1.05. The molecule has 7 nitrogen and oxygen atoms in total. The maximum atomic E-state index is 5.93. The van der Waals surface area contributed by atoms with Crippen LogP contribution in [0.5, 0.6) is 0 Å². The molecule has 2 rings (SSSR count). The molecule has 1 heterocycles. The molecule has 0 saturated carbocycles. The lowest BCUT2D eigenvalue weighted by Crippen LogP contribution is -2.39. The zero-order valence-corrected chi connectivity index (χ0v) is 17.9. The van der Waals surface area contributed by atoms with Crippen LogP contribution in [0, 0.1) is 0 Å². The van der Waals surface area contributed by atoms with Crippen molar-refractivity contribution in [2.45, 2.75) is 13.0 Å². The minimum Gasteiger partial charge on any atom is -0.383 e. The van der Waals surface area contributed by atoms with Gasteiger partial charge in [-0.3, -0.25) is 4.90 Å². The van der Waals surface area contributed by atoms with Crippen LogP contribution in [0.2, 0.25) is 0 Å². The molecule has 0 aliphatic carbocycles. The van der Waals surface area contributed by atoms with Gasteiger partial charge in [0.1, 0.15) is 0 Å². The van der Waals surface area contributed by atoms with Gasteiger partial charge in [-0.15, -0.1) is 24.0 Å². The third-order valence-corrected chi connectivity index (χ3v) is 4.08. The summed E-state index contributed by atoms with van der Waals surface area (Å²) in [6.45, 7) is 7.74. The highest BCUT2D eigenvalue weighted by Gasteiger charge is 2.08. The monoisotopic (exact) mass is 477 g/mol. The van der Waals surface area contributed by atoms with Crippen LogP contribution in [0.15, 0.2) is 29.3 Å². The third kappa shape index (κ3) is 9.56. The first kappa shape index (κ1) is 22.9. The summed E-state index contributed by atoms with van der Waals surface area (Å²) >= 11 is 0. The van der Waals surface area contributed by atoms with Crippen molar-refractivity contribution in [3.8, 4) is 0 Å². The predicted molar refractivity (Wildman–Crippen MR) is 117 cm³/mol. The van der Waals surface area contributed by atoms with Crippen LogP contribution in [0.1, 0.15) is 12.0 Å². The number of benzene rings is 1. The van der Waals surface area contributed by atoms with Crippen molar-refractivity contribution in [2.75, 3.05) is 65.0 Å². The molecule has 1 aromatic rings. The lowest BCUT2D eigenvalue weighted by atomic mass is 10.2. The number of hydrogen-bond acceptors (Lipinski definition) is 5. The Morgan fingerprint density at radius 3 is 2.65 bits per heavy atom. The Hall–Kier alpha value is -1.10. The molecule has 0 spiro atoms. The van der Waals surface area contributed by atoms with Gasteiger partial charge in [0, 0.05) is 39.0 Å². The number of nitrogens with zero attached hydrogens (tertiary/aromatic N) is 2. The number of aliphatic imine (C=N–C) groups is 1. The summed E-state index contributed by atoms with van der Waals surface area (Å²) in [4.78, 5) is 6.81. The van der Waals surface area contributed by atoms with Crippen LogP contribution >= 0.6 is 24.0 Å². The second-order valence-corrected chi connectivity index (χ2v) is 6.05. The van der Waals surface area contributed by atoms with Crippen molar-refractivity contribution >= 4 is 35.6 Å². The van der Waals surface area contributed by atoms with Gasteiger partial charge < -0.3 is 25.8 Å². The summed E-state index contributed by atoms with van der Waals surface area (Å²) < 4.78 is 10.4. The summed E-state index contributed by atoms with van der Waals surface area (Å²) in [5.41, 5.74) is 8.15. The fourth-order valence-electron chi connectivity index (χ4n) is 2.60. The second kappa shape index (κ2) is 14.0. The standard InChI is InChI=1S/C18H31N5O2.HI/c1-24-12-8-20-17-5-3-16(4-6-17)15-22-18(19)21-7-2-9-23-10-13-25-14-11-23;/h3-6,20H,2,7-15H2,1H3,(H3,19,21,22);1H. The summed E-state index contributed by atoms with van der Waals surface area (Å²) in [5, 5.41) is 6.47. The smallest absolute Gasteiger partial charge is 0.188 e. The van der Waals surface area contributed by atoms with Gasteiger partial charge >= 0.3 is 0 Å². The molecule has 1 aromatic carbocycles. The molecule has 8 heteroatoms. The molecule has 1 fully saturated rings. The van der Waals surface area contributed by atoms with Gasteiger partial charge in [0.25, 0.3) is 0 Å². The molecule has 4 N–H and O–H groups in total. The van der Waals surface area contributed by atoms with E-state index in [2.05, 4.69) is 32.7 Å². The van der Waals surface area contributed by atoms with Crippen LogP contribution in [-0.2, 0) is 16.0 Å². The number of halogens is 1. The Balaban J connectivity index is 0.00000338. The Labute approximate surface area is 173 Å². The van der Waals surface area contributed by atoms with Gasteiger partial charge in [-0.25, -0.2) is 4.99 Å². The van der Waals surface area contributed by atoms with Gasteiger partial charge in [0.15, 0.2) is 5.96 Å². The zero-order valence-electron chi connectivity index (χ0n) is 15.6. The number of guanidine groups is 1. The quantitative estimate of drug-likeness (QED) is 0.205. The van der Waals surface area contributed by atoms with Crippen LogP contribution in [0.4, 0.5) is 5.69 Å². The van der Waals surface area contributed by atoms with Crippen molar-refractivity contribution < 1.29 is 9.47 Å². The fraction of sp³-hybridized carbons (Fsp3) is 0.611. The molecular weight excluding hydrogens is 445 g/mol. The average Bonchev–Trinajstić information content (AvgIpc) is 2.66. The van der Waals surface area contributed by atoms with E-state index in [-0.39, 0.29) is 24.0 Å². The van der Waals surface area contributed by atoms with Crippen molar-refractivity contribution in [2.24, 2.45) is 10.7 Å². The molecular formula is C18H32IN5O2. The zero-order chi connectivity index (χ0) is 17.7. The van der Waals surface area contributed by atoms with E-state index in [1.54, 1.807) is 7.11 Å². The first-order chi connectivity index (χ1) is 12.3. The Morgan fingerprint density at radius 2 is 1.96 bits per heavy atom. The van der Waals surface area contributed by atoms with Crippen molar-refractivity contribution in [3.05, 3.63) is 29.8 Å². The van der Waals surface area contributed by atoms with E-state index in [0.29, 0.717) is 19.1 Å². The molecule has 0 radical (unpaired) electrons. The van der Waals surface area contributed by atoms with Crippen molar-refractivity contribution in [1.29, 1.82) is 0 Å². The average molecular weight is 477 g/mol. The number of nitrogens with two attached hydrogens (primary N) is 1. The number of anilines is 1. The van der Waals surface area contributed by atoms with Gasteiger partial charge in [-0.1, -0.05) is 12.1 Å². The Kier molecular flexibility index (Phi) is 12.4. The van der Waals surface area contributed by atoms with Gasteiger partial charge in [-0.2, -0.15) is 0 Å². The van der Waals surface area contributed by atoms with Crippen LogP contribution in [-0.4, -0.2) is 70.5 Å². The lowest BCUT2D eigenvalue weighted by molar-refractivity contribution is 0.0376. The third-order valence-electron chi connectivity index (χ3n) is 4.08. The summed E-state index contributed by atoms with van der Waals surface area (Å²) in [5.74, 6) is 0.504. The highest BCUT2D eigenvalue weighted by Crippen LogP contribution is 2.10. The normalized spacial score (nSPS) is 15.3. The maximum Gasteiger partial charge on any atom is 0.188 e. The number of ether oxygens (including phenoxy) is 2. The van der Waals surface area contributed by atoms with E-state index >= 15 is 0 Å². The Morgan fingerprint density at radius 1 is 1.23 bits per heavy atom. The van der Waals surface area contributed by atoms with E-state index in [1.807, 2.05) is 12.1 Å². The number of methoxy groups -OCH3 is 1. The summed E-state index contributed by atoms with van der Waals surface area (Å²) in [6, 6.07) is 8.22. The van der Waals surface area contributed by atoms with Crippen LogP contribution in [0.3, 0.4) is 0 Å². The van der Waals surface area contributed by atoms with Crippen LogP contribution < -0.4 is 16.4 Å². The van der Waals surface area contributed by atoms with Crippen molar-refractivity contribution in [3.63, 3.8) is 0 Å². The minimum atomic E-state index is 0. The predicted octanol–water partition coefficient (Wildman–Crippen LogP) is 1.49. The molecule has 0 atom stereocenters. The largest absolute Gasteiger partial charge is 0.383 e. The molecule has 0 unspecified atom stereocenters. The van der Waals surface area contributed by atoms with E-state index in [1.165, 1.54) is 0 Å². The molecule has 0 aromatic heterocycles. The lowest BCUT2D eigenvalue weighted by Gasteiger charge is -2.26. The minimum absolute atomic E-state index is 0. The Bertz CT molecular complexity index is 507. The molecule has 1 saturated heterocycles. The SMILES string of the molecule is COCCNc1ccc(CN=C(N)NCCCN2CCOCC2)cc1.I. The number of morpholine rings is 1. The first-order valence-corrected chi connectivity index (χ1v) is 8.93. The fourth-order valence-corrected chi connectivity index (χ4v) is 2.60. The topological polar surface area (TPSA) is 84.1 Å². The molecule has 1 aliphatic rings. The summed E-state index contributed by atoms with van der Waals surface area (Å²) in [7, 11) is 1.70. The van der Waals surface area contributed by atoms with E-state index in [0.717, 1.165) is 63.6 Å². The van der Waals surface area contributed by atoms with Crippen molar-refractivity contribution in [1.82, 2.24) is 10.2 Å². The molecule has 0 amide bonds. The van der Waals surface area contributed by atoms with E-state index in [4.69, 9.17) is 15.2 Å². The molecule has 148 valence electrons. The van der Waals surface area contributed by atoms with E-state index < -0.39 is 0 Å². The molecule has 0 bridgehead atoms. The van der Waals surface area contributed by atoms with Gasteiger partial charge in [-0.05, 0) is 30.7 Å². The van der Waals surface area contributed by atoms with Gasteiger partial charge in [0.2, 0.25) is 0 Å². The highest BCUT2D eigenvalue weighted by atomic mass is 127. The highest BCUT2D eigenvalue weighted by molar-refractivity contribution is 14.0.